The van der Waals surface area contributed by atoms with E-state index in [9.17, 15) is 4.79 Å². The number of thioether (sulfide) groups is 1. The van der Waals surface area contributed by atoms with E-state index in [4.69, 9.17) is 4.98 Å². The van der Waals surface area contributed by atoms with Crippen molar-refractivity contribution in [1.82, 2.24) is 9.55 Å². The van der Waals surface area contributed by atoms with Gasteiger partial charge in [-0.15, -0.1) is 11.3 Å². The molecule has 0 saturated heterocycles. The highest BCUT2D eigenvalue weighted by molar-refractivity contribution is 9.10. The largest absolute Gasteiger partial charge is 0.268 e. The van der Waals surface area contributed by atoms with Crippen molar-refractivity contribution < 1.29 is 0 Å². The third kappa shape index (κ3) is 4.26. The zero-order valence-corrected chi connectivity index (χ0v) is 20.6. The maximum absolute atomic E-state index is 13.8. The van der Waals surface area contributed by atoms with E-state index in [1.54, 1.807) is 23.1 Å². The Balaban J connectivity index is 1.65. The summed E-state index contributed by atoms with van der Waals surface area (Å²) < 4.78 is 2.89. The summed E-state index contributed by atoms with van der Waals surface area (Å²) in [5, 5.41) is 1.61. The summed E-state index contributed by atoms with van der Waals surface area (Å²) in [5.74, 6) is 0.766. The van der Waals surface area contributed by atoms with Gasteiger partial charge in [0.25, 0.3) is 5.56 Å². The van der Waals surface area contributed by atoms with Crippen LogP contribution in [0.2, 0.25) is 0 Å². The molecular formula is C25H23BrN2OS2. The van der Waals surface area contributed by atoms with Gasteiger partial charge in [-0.2, -0.15) is 0 Å². The van der Waals surface area contributed by atoms with Crippen LogP contribution in [0.15, 0.2) is 63.0 Å². The minimum atomic E-state index is 0.0755. The molecule has 0 saturated carbocycles. The molecule has 31 heavy (non-hydrogen) atoms. The Kier molecular flexibility index (Phi) is 6.04. The van der Waals surface area contributed by atoms with E-state index in [0.717, 1.165) is 50.5 Å². The van der Waals surface area contributed by atoms with Crippen LogP contribution in [0.3, 0.4) is 0 Å². The molecule has 5 rings (SSSR count). The average molecular weight is 512 g/mol. The number of hydrogen-bond acceptors (Lipinski definition) is 4. The summed E-state index contributed by atoms with van der Waals surface area (Å²) >= 11 is 6.85. The molecular weight excluding hydrogens is 488 g/mol. The molecule has 3 nitrogen and oxygen atoms in total. The first-order chi connectivity index (χ1) is 15.1. The lowest BCUT2D eigenvalue weighted by Gasteiger charge is -2.13. The first-order valence-electron chi connectivity index (χ1n) is 10.6. The van der Waals surface area contributed by atoms with E-state index < -0.39 is 0 Å². The highest BCUT2D eigenvalue weighted by atomic mass is 79.9. The van der Waals surface area contributed by atoms with Gasteiger partial charge in [-0.3, -0.25) is 9.36 Å². The molecule has 0 spiro atoms. The molecule has 158 valence electrons. The van der Waals surface area contributed by atoms with E-state index in [0.29, 0.717) is 0 Å². The molecule has 0 N–H and O–H groups in total. The lowest BCUT2D eigenvalue weighted by Crippen LogP contribution is -2.22. The summed E-state index contributed by atoms with van der Waals surface area (Å²) in [6.45, 7) is 2.07. The monoisotopic (exact) mass is 510 g/mol. The predicted molar refractivity (Wildman–Crippen MR) is 135 cm³/mol. The van der Waals surface area contributed by atoms with Crippen LogP contribution < -0.4 is 5.56 Å². The normalized spacial score (nSPS) is 13.9. The average Bonchev–Trinajstić information content (AvgIpc) is 2.96. The van der Waals surface area contributed by atoms with Gasteiger partial charge in [0.05, 0.1) is 11.1 Å². The third-order valence-electron chi connectivity index (χ3n) is 5.78. The van der Waals surface area contributed by atoms with Crippen LogP contribution in [0.4, 0.5) is 0 Å². The fraction of sp³-hybridized carbons (Fsp3) is 0.280. The van der Waals surface area contributed by atoms with E-state index in [2.05, 4.69) is 59.3 Å². The molecule has 0 amide bonds. The molecule has 0 fully saturated rings. The fourth-order valence-electron chi connectivity index (χ4n) is 4.11. The Bertz CT molecular complexity index is 1290. The molecule has 0 radical (unpaired) electrons. The molecule has 2 aromatic carbocycles. The van der Waals surface area contributed by atoms with Crippen molar-refractivity contribution in [1.29, 1.82) is 0 Å². The highest BCUT2D eigenvalue weighted by Crippen LogP contribution is 2.35. The van der Waals surface area contributed by atoms with Crippen molar-refractivity contribution >= 4 is 49.2 Å². The van der Waals surface area contributed by atoms with Crippen LogP contribution in [0.5, 0.6) is 0 Å². The van der Waals surface area contributed by atoms with E-state index in [1.807, 2.05) is 16.7 Å². The highest BCUT2D eigenvalue weighted by Gasteiger charge is 2.22. The summed E-state index contributed by atoms with van der Waals surface area (Å²) in [7, 11) is 0. The molecule has 2 heterocycles. The summed E-state index contributed by atoms with van der Waals surface area (Å²) in [6, 6.07) is 16.5. The van der Waals surface area contributed by atoms with Gasteiger partial charge in [0, 0.05) is 15.1 Å². The van der Waals surface area contributed by atoms with Crippen LogP contribution in [-0.4, -0.2) is 9.55 Å². The molecule has 6 heteroatoms. The minimum absolute atomic E-state index is 0.0755. The number of aryl methyl sites for hydroxylation is 3. The summed E-state index contributed by atoms with van der Waals surface area (Å²) in [4.78, 5) is 21.1. The van der Waals surface area contributed by atoms with Gasteiger partial charge in [-0.05, 0) is 68.0 Å². The first-order valence-corrected chi connectivity index (χ1v) is 13.2. The smallest absolute Gasteiger partial charge is 0.267 e. The van der Waals surface area contributed by atoms with E-state index in [1.165, 1.54) is 34.4 Å². The Morgan fingerprint density at radius 2 is 1.77 bits per heavy atom. The van der Waals surface area contributed by atoms with Gasteiger partial charge in [-0.25, -0.2) is 4.98 Å². The number of aromatic nitrogens is 2. The molecule has 0 unspecified atom stereocenters. The summed E-state index contributed by atoms with van der Waals surface area (Å²) in [6.07, 6.45) is 5.66. The van der Waals surface area contributed by atoms with Crippen LogP contribution >= 0.6 is 39.0 Å². The van der Waals surface area contributed by atoms with Gasteiger partial charge in [0.15, 0.2) is 5.16 Å². The molecule has 1 aliphatic carbocycles. The van der Waals surface area contributed by atoms with Gasteiger partial charge in [-0.1, -0.05) is 63.9 Å². The van der Waals surface area contributed by atoms with Crippen LogP contribution in [0.25, 0.3) is 15.9 Å². The quantitative estimate of drug-likeness (QED) is 0.167. The zero-order chi connectivity index (χ0) is 21.4. The fourth-order valence-corrected chi connectivity index (χ4v) is 6.65. The van der Waals surface area contributed by atoms with Crippen LogP contribution in [0.1, 0.15) is 40.8 Å². The SMILES string of the molecule is Cc1ccc(-n2c(SCc3ccc(Br)cc3)nc3sc4c(c3c2=O)CCCCC4)cc1. The van der Waals surface area contributed by atoms with Crippen molar-refractivity contribution in [3.8, 4) is 5.69 Å². The molecule has 1 aliphatic rings. The lowest BCUT2D eigenvalue weighted by molar-refractivity contribution is 0.713. The standard InChI is InChI=1S/C25H23BrN2OS2/c1-16-7-13-19(14-8-16)28-24(29)22-20-5-3-2-4-6-21(20)31-23(22)27-25(28)30-15-17-9-11-18(26)12-10-17/h7-14H,2-6,15H2,1H3. The van der Waals surface area contributed by atoms with Crippen molar-refractivity contribution in [2.75, 3.05) is 0 Å². The van der Waals surface area contributed by atoms with Crippen molar-refractivity contribution in [3.05, 3.63) is 84.9 Å². The first kappa shape index (κ1) is 21.0. The minimum Gasteiger partial charge on any atom is -0.268 e. The Morgan fingerprint density at radius 3 is 2.55 bits per heavy atom. The predicted octanol–water partition coefficient (Wildman–Crippen LogP) is 7.08. The number of halogens is 1. The number of rotatable bonds is 4. The molecule has 0 bridgehead atoms. The Hall–Kier alpha value is -1.89. The van der Waals surface area contributed by atoms with Crippen molar-refractivity contribution in [2.45, 2.75) is 49.9 Å². The van der Waals surface area contributed by atoms with Crippen molar-refractivity contribution in [3.63, 3.8) is 0 Å². The molecule has 4 aromatic rings. The maximum atomic E-state index is 13.8. The van der Waals surface area contributed by atoms with Gasteiger partial charge >= 0.3 is 0 Å². The van der Waals surface area contributed by atoms with Gasteiger partial charge in [0.2, 0.25) is 0 Å². The second-order valence-corrected chi connectivity index (χ2v) is 11.0. The van der Waals surface area contributed by atoms with Crippen LogP contribution in [0, 0.1) is 6.92 Å². The van der Waals surface area contributed by atoms with Gasteiger partial charge in [0.1, 0.15) is 4.83 Å². The number of fused-ring (bicyclic) bond motifs is 3. The number of thiophene rings is 1. The lowest BCUT2D eigenvalue weighted by atomic mass is 10.1. The van der Waals surface area contributed by atoms with Crippen LogP contribution in [-0.2, 0) is 18.6 Å². The third-order valence-corrected chi connectivity index (χ3v) is 8.51. The second kappa shape index (κ2) is 8.93. The zero-order valence-electron chi connectivity index (χ0n) is 17.4. The number of hydrogen-bond donors (Lipinski definition) is 0. The molecule has 0 aliphatic heterocycles. The van der Waals surface area contributed by atoms with E-state index >= 15 is 0 Å². The Morgan fingerprint density at radius 1 is 1.03 bits per heavy atom. The maximum Gasteiger partial charge on any atom is 0.267 e. The van der Waals surface area contributed by atoms with Gasteiger partial charge < -0.3 is 0 Å². The van der Waals surface area contributed by atoms with Crippen molar-refractivity contribution in [2.24, 2.45) is 0 Å². The second-order valence-electron chi connectivity index (χ2n) is 8.03. The number of nitrogens with zero attached hydrogens (tertiary/aromatic N) is 2. The number of benzene rings is 2. The molecule has 0 atom stereocenters. The molecule has 2 aromatic heterocycles. The van der Waals surface area contributed by atoms with E-state index in [-0.39, 0.29) is 5.56 Å². The summed E-state index contributed by atoms with van der Waals surface area (Å²) in [5.41, 5.74) is 4.60. The topological polar surface area (TPSA) is 34.9 Å². The Labute approximate surface area is 198 Å².